The lowest BCUT2D eigenvalue weighted by atomic mass is 10.3. The van der Waals surface area contributed by atoms with E-state index in [2.05, 4.69) is 38.3 Å². The first-order valence-electron chi connectivity index (χ1n) is 5.00. The fourth-order valence-corrected chi connectivity index (χ4v) is 1.17. The zero-order chi connectivity index (χ0) is 11.1. The topological polar surface area (TPSA) is 58.2 Å². The summed E-state index contributed by atoms with van der Waals surface area (Å²) in [7, 11) is 0. The lowest BCUT2D eigenvalue weighted by molar-refractivity contribution is -0.124. The van der Waals surface area contributed by atoms with Gasteiger partial charge in [-0.25, -0.2) is 0 Å². The molecule has 0 aliphatic carbocycles. The van der Waals surface area contributed by atoms with Crippen LogP contribution in [0.5, 0.6) is 0 Å². The van der Waals surface area contributed by atoms with Crippen LogP contribution >= 0.6 is 0 Å². The third-order valence-electron chi connectivity index (χ3n) is 1.52. The quantitative estimate of drug-likeness (QED) is 0.649. The van der Waals surface area contributed by atoms with Crippen LogP contribution in [0.4, 0.5) is 0 Å². The molecule has 0 aromatic carbocycles. The summed E-state index contributed by atoms with van der Waals surface area (Å²) in [6, 6.07) is 1.25. The van der Waals surface area contributed by atoms with Crippen molar-refractivity contribution in [2.75, 3.05) is 0 Å². The standard InChI is InChI=1S/C6H15N.C4H5NO2/c1-5(2)7-6(3)4;6-3-1-2-4(7)5-3/h5-7H,1-4H3;1-2H2,(H,5,6,7). The molecular weight excluding hydrogens is 180 g/mol. The molecule has 14 heavy (non-hydrogen) atoms. The summed E-state index contributed by atoms with van der Waals surface area (Å²) in [6.45, 7) is 8.61. The van der Waals surface area contributed by atoms with E-state index in [1.165, 1.54) is 0 Å². The maximum Gasteiger partial charge on any atom is 0.227 e. The Balaban J connectivity index is 0.000000241. The molecule has 0 atom stereocenters. The Kier molecular flexibility index (Phi) is 6.12. The number of imide groups is 1. The van der Waals surface area contributed by atoms with Crippen LogP contribution in [0.15, 0.2) is 0 Å². The van der Waals surface area contributed by atoms with Gasteiger partial charge >= 0.3 is 0 Å². The average molecular weight is 200 g/mol. The molecule has 2 amide bonds. The van der Waals surface area contributed by atoms with Gasteiger partial charge < -0.3 is 5.32 Å². The van der Waals surface area contributed by atoms with E-state index in [4.69, 9.17) is 0 Å². The number of nitrogens with one attached hydrogen (secondary N) is 2. The molecule has 0 unspecified atom stereocenters. The Hall–Kier alpha value is -0.900. The molecule has 0 saturated carbocycles. The summed E-state index contributed by atoms with van der Waals surface area (Å²) in [4.78, 5) is 20.2. The molecule has 1 rings (SSSR count). The van der Waals surface area contributed by atoms with Gasteiger partial charge in [0.1, 0.15) is 0 Å². The second kappa shape index (κ2) is 6.54. The van der Waals surface area contributed by atoms with Crippen LogP contribution in [0.3, 0.4) is 0 Å². The molecule has 82 valence electrons. The van der Waals surface area contributed by atoms with Gasteiger partial charge in [-0.1, -0.05) is 27.7 Å². The molecule has 0 spiro atoms. The van der Waals surface area contributed by atoms with Gasteiger partial charge in [0.05, 0.1) is 0 Å². The molecule has 4 nitrogen and oxygen atoms in total. The van der Waals surface area contributed by atoms with Crippen LogP contribution in [-0.4, -0.2) is 23.9 Å². The van der Waals surface area contributed by atoms with E-state index in [0.29, 0.717) is 24.9 Å². The fraction of sp³-hybridized carbons (Fsp3) is 0.800. The molecule has 0 aromatic rings. The number of carbonyl (C=O) groups is 2. The minimum Gasteiger partial charge on any atom is -0.312 e. The summed E-state index contributed by atoms with van der Waals surface area (Å²) >= 11 is 0. The largest absolute Gasteiger partial charge is 0.312 e. The Labute approximate surface area is 85.4 Å². The van der Waals surface area contributed by atoms with Crippen molar-refractivity contribution >= 4 is 11.8 Å². The molecular formula is C10H20N2O2. The summed E-state index contributed by atoms with van der Waals surface area (Å²) in [5, 5.41) is 5.44. The lowest BCUT2D eigenvalue weighted by Crippen LogP contribution is -2.29. The molecule has 1 fully saturated rings. The van der Waals surface area contributed by atoms with Crippen LogP contribution < -0.4 is 10.6 Å². The smallest absolute Gasteiger partial charge is 0.227 e. The highest BCUT2D eigenvalue weighted by Crippen LogP contribution is 1.95. The van der Waals surface area contributed by atoms with E-state index in [1.54, 1.807) is 0 Å². The first kappa shape index (κ1) is 13.1. The van der Waals surface area contributed by atoms with Gasteiger partial charge in [0, 0.05) is 24.9 Å². The monoisotopic (exact) mass is 200 g/mol. The normalized spacial score (nSPS) is 15.6. The first-order chi connectivity index (χ1) is 6.41. The highest BCUT2D eigenvalue weighted by atomic mass is 16.2. The van der Waals surface area contributed by atoms with E-state index < -0.39 is 0 Å². The van der Waals surface area contributed by atoms with Crippen LogP contribution in [0, 0.1) is 0 Å². The Morgan fingerprint density at radius 1 is 1.00 bits per heavy atom. The van der Waals surface area contributed by atoms with Crippen molar-refractivity contribution in [3.63, 3.8) is 0 Å². The summed E-state index contributed by atoms with van der Waals surface area (Å²) in [5.74, 6) is -0.296. The molecule has 1 aliphatic heterocycles. The van der Waals surface area contributed by atoms with Gasteiger partial charge in [-0.05, 0) is 0 Å². The lowest BCUT2D eigenvalue weighted by Gasteiger charge is -2.10. The highest BCUT2D eigenvalue weighted by Gasteiger charge is 2.15. The van der Waals surface area contributed by atoms with Gasteiger partial charge in [-0.2, -0.15) is 0 Å². The van der Waals surface area contributed by atoms with E-state index in [-0.39, 0.29) is 11.8 Å². The predicted molar refractivity (Wildman–Crippen MR) is 55.8 cm³/mol. The number of amides is 2. The van der Waals surface area contributed by atoms with E-state index in [9.17, 15) is 9.59 Å². The van der Waals surface area contributed by atoms with Gasteiger partial charge in [0.25, 0.3) is 0 Å². The van der Waals surface area contributed by atoms with Crippen molar-refractivity contribution < 1.29 is 9.59 Å². The molecule has 4 heteroatoms. The number of hydrogen-bond acceptors (Lipinski definition) is 3. The van der Waals surface area contributed by atoms with E-state index in [0.717, 1.165) is 0 Å². The summed E-state index contributed by atoms with van der Waals surface area (Å²) in [6.07, 6.45) is 0.748. The highest BCUT2D eigenvalue weighted by molar-refractivity contribution is 6.01. The Bertz CT molecular complexity index is 180. The maximum absolute atomic E-state index is 10.1. The van der Waals surface area contributed by atoms with E-state index >= 15 is 0 Å². The molecule has 2 N–H and O–H groups in total. The van der Waals surface area contributed by atoms with Gasteiger partial charge in [-0.3, -0.25) is 14.9 Å². The molecule has 0 aromatic heterocycles. The molecule has 1 heterocycles. The Morgan fingerprint density at radius 2 is 1.36 bits per heavy atom. The number of hydrogen-bond donors (Lipinski definition) is 2. The van der Waals surface area contributed by atoms with Crippen molar-refractivity contribution in [1.82, 2.24) is 10.6 Å². The maximum atomic E-state index is 10.1. The Morgan fingerprint density at radius 3 is 1.43 bits per heavy atom. The fourth-order valence-electron chi connectivity index (χ4n) is 1.17. The average Bonchev–Trinajstić information content (AvgIpc) is 2.32. The van der Waals surface area contributed by atoms with Gasteiger partial charge in [0.2, 0.25) is 11.8 Å². The zero-order valence-electron chi connectivity index (χ0n) is 9.39. The SMILES string of the molecule is CC(C)NC(C)C.O=C1CCC(=O)N1. The van der Waals surface area contributed by atoms with Crippen LogP contribution in [-0.2, 0) is 9.59 Å². The third-order valence-corrected chi connectivity index (χ3v) is 1.52. The zero-order valence-corrected chi connectivity index (χ0v) is 9.39. The molecule has 1 saturated heterocycles. The van der Waals surface area contributed by atoms with Crippen molar-refractivity contribution in [3.8, 4) is 0 Å². The minimum absolute atomic E-state index is 0.148. The van der Waals surface area contributed by atoms with Crippen molar-refractivity contribution in [2.45, 2.75) is 52.6 Å². The molecule has 1 aliphatic rings. The van der Waals surface area contributed by atoms with Crippen LogP contribution in [0.2, 0.25) is 0 Å². The second-order valence-corrected chi connectivity index (χ2v) is 3.95. The second-order valence-electron chi connectivity index (χ2n) is 3.95. The van der Waals surface area contributed by atoms with Gasteiger partial charge in [0.15, 0.2) is 0 Å². The van der Waals surface area contributed by atoms with Crippen LogP contribution in [0.1, 0.15) is 40.5 Å². The molecule has 0 radical (unpaired) electrons. The van der Waals surface area contributed by atoms with Crippen LogP contribution in [0.25, 0.3) is 0 Å². The predicted octanol–water partition coefficient (Wildman–Crippen LogP) is 0.816. The minimum atomic E-state index is -0.148. The molecule has 0 bridgehead atoms. The van der Waals surface area contributed by atoms with E-state index in [1.807, 2.05) is 0 Å². The summed E-state index contributed by atoms with van der Waals surface area (Å²) in [5.41, 5.74) is 0. The number of carbonyl (C=O) groups excluding carboxylic acids is 2. The summed E-state index contributed by atoms with van der Waals surface area (Å²) < 4.78 is 0. The van der Waals surface area contributed by atoms with Crippen molar-refractivity contribution in [3.05, 3.63) is 0 Å². The van der Waals surface area contributed by atoms with Crippen molar-refractivity contribution in [2.24, 2.45) is 0 Å². The third kappa shape index (κ3) is 7.73. The van der Waals surface area contributed by atoms with Crippen molar-refractivity contribution in [1.29, 1.82) is 0 Å². The first-order valence-corrected chi connectivity index (χ1v) is 5.00. The number of rotatable bonds is 2. The van der Waals surface area contributed by atoms with Gasteiger partial charge in [-0.15, -0.1) is 0 Å².